The minimum atomic E-state index is -0.376. The predicted octanol–water partition coefficient (Wildman–Crippen LogP) is 3.47. The second kappa shape index (κ2) is 7.98. The number of amides is 1. The van der Waals surface area contributed by atoms with Crippen LogP contribution in [0.5, 0.6) is 11.6 Å². The Morgan fingerprint density at radius 2 is 2.17 bits per heavy atom. The SMILES string of the molecule is Cc1nn(C)cc1C(=O)N1CCC[C@@H](c2cncc(Oc3cccc(F)c3)n2)C1. The van der Waals surface area contributed by atoms with Gasteiger partial charge in [-0.3, -0.25) is 14.5 Å². The van der Waals surface area contributed by atoms with Gasteiger partial charge in [0.25, 0.3) is 5.91 Å². The molecule has 0 radical (unpaired) electrons. The molecule has 0 bridgehead atoms. The Balaban J connectivity index is 1.49. The third kappa shape index (κ3) is 4.26. The number of hydrogen-bond donors (Lipinski definition) is 0. The molecule has 1 aliphatic heterocycles. The van der Waals surface area contributed by atoms with Crippen molar-refractivity contribution < 1.29 is 13.9 Å². The number of nitrogens with zero attached hydrogens (tertiary/aromatic N) is 5. The lowest BCUT2D eigenvalue weighted by molar-refractivity contribution is 0.0705. The number of piperidine rings is 1. The summed E-state index contributed by atoms with van der Waals surface area (Å²) >= 11 is 0. The van der Waals surface area contributed by atoms with Crippen LogP contribution in [-0.2, 0) is 7.05 Å². The van der Waals surface area contributed by atoms with Gasteiger partial charge in [-0.2, -0.15) is 5.10 Å². The van der Waals surface area contributed by atoms with Crippen molar-refractivity contribution in [3.63, 3.8) is 0 Å². The summed E-state index contributed by atoms with van der Waals surface area (Å²) in [4.78, 5) is 23.5. The smallest absolute Gasteiger partial charge is 0.257 e. The molecule has 4 rings (SSSR count). The van der Waals surface area contributed by atoms with E-state index < -0.39 is 0 Å². The first-order chi connectivity index (χ1) is 14.0. The van der Waals surface area contributed by atoms with Crippen LogP contribution in [0.15, 0.2) is 42.9 Å². The van der Waals surface area contributed by atoms with E-state index in [4.69, 9.17) is 4.74 Å². The number of ether oxygens (including phenoxy) is 1. The maximum absolute atomic E-state index is 13.4. The molecule has 29 heavy (non-hydrogen) atoms. The quantitative estimate of drug-likeness (QED) is 0.676. The summed E-state index contributed by atoms with van der Waals surface area (Å²) < 4.78 is 20.7. The standard InChI is InChI=1S/C21H22FN5O2/c1-14-18(13-26(2)25-14)21(28)27-8-4-5-15(12-27)19-10-23-11-20(24-19)29-17-7-3-6-16(22)9-17/h3,6-7,9-11,13,15H,4-5,8,12H2,1-2H3/t15-/m1/s1. The predicted molar refractivity (Wildman–Crippen MR) is 104 cm³/mol. The van der Waals surface area contributed by atoms with Crippen molar-refractivity contribution in [2.75, 3.05) is 13.1 Å². The minimum absolute atomic E-state index is 0.0135. The average Bonchev–Trinajstić information content (AvgIpc) is 3.06. The first kappa shape index (κ1) is 19.0. The molecule has 2 aromatic heterocycles. The molecule has 1 fully saturated rings. The van der Waals surface area contributed by atoms with E-state index in [-0.39, 0.29) is 17.6 Å². The zero-order chi connectivity index (χ0) is 20.4. The van der Waals surface area contributed by atoms with Crippen LogP contribution in [0.3, 0.4) is 0 Å². The van der Waals surface area contributed by atoms with E-state index in [9.17, 15) is 9.18 Å². The van der Waals surface area contributed by atoms with E-state index in [1.165, 1.54) is 18.3 Å². The van der Waals surface area contributed by atoms with Crippen LogP contribution in [0, 0.1) is 12.7 Å². The topological polar surface area (TPSA) is 73.1 Å². The van der Waals surface area contributed by atoms with Gasteiger partial charge in [-0.05, 0) is 31.9 Å². The average molecular weight is 395 g/mol. The fourth-order valence-electron chi connectivity index (χ4n) is 3.64. The summed E-state index contributed by atoms with van der Waals surface area (Å²) in [6.45, 7) is 3.11. The largest absolute Gasteiger partial charge is 0.437 e. The number of aromatic nitrogens is 4. The Labute approximate surface area is 168 Å². The highest BCUT2D eigenvalue weighted by molar-refractivity contribution is 5.95. The van der Waals surface area contributed by atoms with Gasteiger partial charge >= 0.3 is 0 Å². The number of likely N-dealkylation sites (tertiary alicyclic amines) is 1. The highest BCUT2D eigenvalue weighted by Crippen LogP contribution is 2.28. The van der Waals surface area contributed by atoms with Gasteiger partial charge in [0.15, 0.2) is 0 Å². The molecule has 1 amide bonds. The zero-order valence-corrected chi connectivity index (χ0v) is 16.4. The van der Waals surface area contributed by atoms with Crippen LogP contribution in [0.2, 0.25) is 0 Å². The maximum Gasteiger partial charge on any atom is 0.257 e. The van der Waals surface area contributed by atoms with Crippen molar-refractivity contribution in [3.8, 4) is 11.6 Å². The van der Waals surface area contributed by atoms with Crippen LogP contribution in [0.4, 0.5) is 4.39 Å². The number of aryl methyl sites for hydroxylation is 2. The van der Waals surface area contributed by atoms with Crippen LogP contribution < -0.4 is 4.74 Å². The molecule has 0 spiro atoms. The van der Waals surface area contributed by atoms with Crippen LogP contribution in [0.25, 0.3) is 0 Å². The van der Waals surface area contributed by atoms with Crippen LogP contribution in [-0.4, -0.2) is 43.6 Å². The van der Waals surface area contributed by atoms with E-state index in [0.717, 1.165) is 24.2 Å². The van der Waals surface area contributed by atoms with E-state index >= 15 is 0 Å². The highest BCUT2D eigenvalue weighted by Gasteiger charge is 2.28. The Hall–Kier alpha value is -3.29. The lowest BCUT2D eigenvalue weighted by Crippen LogP contribution is -2.39. The monoisotopic (exact) mass is 395 g/mol. The van der Waals surface area contributed by atoms with Crippen molar-refractivity contribution in [2.45, 2.75) is 25.7 Å². The number of carbonyl (C=O) groups is 1. The Morgan fingerprint density at radius 3 is 2.93 bits per heavy atom. The van der Waals surface area contributed by atoms with E-state index in [1.807, 2.05) is 18.9 Å². The molecule has 0 saturated carbocycles. The molecule has 0 unspecified atom stereocenters. The molecule has 7 nitrogen and oxygen atoms in total. The Kier molecular flexibility index (Phi) is 5.24. The first-order valence-electron chi connectivity index (χ1n) is 9.54. The molecule has 1 saturated heterocycles. The molecule has 0 N–H and O–H groups in total. The van der Waals surface area contributed by atoms with Gasteiger partial charge in [0.1, 0.15) is 11.6 Å². The lowest BCUT2D eigenvalue weighted by Gasteiger charge is -2.32. The summed E-state index contributed by atoms with van der Waals surface area (Å²) in [6.07, 6.45) is 6.75. The van der Waals surface area contributed by atoms with E-state index in [1.54, 1.807) is 29.2 Å². The van der Waals surface area contributed by atoms with Gasteiger partial charge in [-0.1, -0.05) is 6.07 Å². The van der Waals surface area contributed by atoms with Gasteiger partial charge in [-0.15, -0.1) is 0 Å². The Morgan fingerprint density at radius 1 is 1.31 bits per heavy atom. The van der Waals surface area contributed by atoms with Crippen molar-refractivity contribution in [2.24, 2.45) is 7.05 Å². The number of hydrogen-bond acceptors (Lipinski definition) is 5. The number of benzene rings is 1. The van der Waals surface area contributed by atoms with Gasteiger partial charge < -0.3 is 9.64 Å². The molecule has 1 aromatic carbocycles. The van der Waals surface area contributed by atoms with Crippen LogP contribution >= 0.6 is 0 Å². The summed E-state index contributed by atoms with van der Waals surface area (Å²) in [5.74, 6) is 0.344. The fourth-order valence-corrected chi connectivity index (χ4v) is 3.64. The lowest BCUT2D eigenvalue weighted by atomic mass is 9.94. The molecule has 3 heterocycles. The van der Waals surface area contributed by atoms with Crippen molar-refractivity contribution in [3.05, 3.63) is 65.6 Å². The van der Waals surface area contributed by atoms with Gasteiger partial charge in [0.05, 0.1) is 23.1 Å². The third-order valence-electron chi connectivity index (χ3n) is 5.02. The summed E-state index contributed by atoms with van der Waals surface area (Å²) in [5.41, 5.74) is 2.12. The number of halogens is 1. The van der Waals surface area contributed by atoms with Crippen molar-refractivity contribution >= 4 is 5.91 Å². The summed E-state index contributed by atoms with van der Waals surface area (Å²) in [5, 5.41) is 4.27. The number of carbonyl (C=O) groups excluding carboxylic acids is 1. The molecule has 150 valence electrons. The molecular weight excluding hydrogens is 373 g/mol. The Bertz CT molecular complexity index is 1040. The maximum atomic E-state index is 13.4. The van der Waals surface area contributed by atoms with Gasteiger partial charge in [0, 0.05) is 44.5 Å². The van der Waals surface area contributed by atoms with E-state index in [0.29, 0.717) is 30.3 Å². The van der Waals surface area contributed by atoms with Crippen molar-refractivity contribution in [1.82, 2.24) is 24.6 Å². The van der Waals surface area contributed by atoms with Crippen molar-refractivity contribution in [1.29, 1.82) is 0 Å². The second-order valence-corrected chi connectivity index (χ2v) is 7.23. The molecule has 1 atom stereocenters. The normalized spacial score (nSPS) is 16.7. The summed E-state index contributed by atoms with van der Waals surface area (Å²) in [7, 11) is 1.81. The molecular formula is C21H22FN5O2. The fraction of sp³-hybridized carbons (Fsp3) is 0.333. The minimum Gasteiger partial charge on any atom is -0.437 e. The van der Waals surface area contributed by atoms with Gasteiger partial charge in [0.2, 0.25) is 5.88 Å². The van der Waals surface area contributed by atoms with Gasteiger partial charge in [-0.25, -0.2) is 9.37 Å². The summed E-state index contributed by atoms with van der Waals surface area (Å²) in [6, 6.07) is 5.89. The zero-order valence-electron chi connectivity index (χ0n) is 16.4. The third-order valence-corrected chi connectivity index (χ3v) is 5.02. The van der Waals surface area contributed by atoms with Crippen LogP contribution in [0.1, 0.15) is 40.5 Å². The first-order valence-corrected chi connectivity index (χ1v) is 9.54. The molecule has 8 heteroatoms. The molecule has 3 aromatic rings. The highest BCUT2D eigenvalue weighted by atomic mass is 19.1. The second-order valence-electron chi connectivity index (χ2n) is 7.23. The van der Waals surface area contributed by atoms with E-state index in [2.05, 4.69) is 15.1 Å². The molecule has 1 aliphatic rings. The molecule has 0 aliphatic carbocycles. The number of rotatable bonds is 4.